The van der Waals surface area contributed by atoms with Crippen molar-refractivity contribution in [2.24, 2.45) is 0 Å². The summed E-state index contributed by atoms with van der Waals surface area (Å²) in [5.74, 6) is -0.889. The van der Waals surface area contributed by atoms with E-state index in [4.69, 9.17) is 0 Å². The molecule has 0 atom stereocenters. The van der Waals surface area contributed by atoms with Gasteiger partial charge in [0.2, 0.25) is 5.91 Å². The van der Waals surface area contributed by atoms with Gasteiger partial charge < -0.3 is 10.1 Å². The number of nitro groups is 1. The van der Waals surface area contributed by atoms with Crippen molar-refractivity contribution in [1.29, 1.82) is 0 Å². The number of aromatic nitrogens is 2. The fraction of sp³-hybridized carbons (Fsp3) is 0.158. The van der Waals surface area contributed by atoms with Crippen LogP contribution in [0.4, 0.5) is 5.69 Å². The van der Waals surface area contributed by atoms with Gasteiger partial charge in [-0.15, -0.1) is 0 Å². The average molecular weight is 396 g/mol. The molecule has 0 aliphatic rings. The van der Waals surface area contributed by atoms with Crippen molar-refractivity contribution >= 4 is 28.5 Å². The maximum absolute atomic E-state index is 12.5. The molecule has 0 aliphatic carbocycles. The summed E-state index contributed by atoms with van der Waals surface area (Å²) in [7, 11) is 1.29. The Kier molecular flexibility index (Phi) is 5.63. The Bertz CT molecular complexity index is 1150. The van der Waals surface area contributed by atoms with Crippen LogP contribution in [0.3, 0.4) is 0 Å². The first kappa shape index (κ1) is 19.7. The number of carbonyl (C=O) groups excluding carboxylic acids is 2. The first-order valence-corrected chi connectivity index (χ1v) is 8.46. The number of hydrogen-bond donors (Lipinski definition) is 1. The summed E-state index contributed by atoms with van der Waals surface area (Å²) in [5.41, 5.74) is 0.685. The third-order valence-corrected chi connectivity index (χ3v) is 4.20. The van der Waals surface area contributed by atoms with Crippen molar-refractivity contribution in [2.45, 2.75) is 13.1 Å². The second kappa shape index (κ2) is 8.30. The molecule has 29 heavy (non-hydrogen) atoms. The number of nitrogens with one attached hydrogen (secondary N) is 1. The van der Waals surface area contributed by atoms with Gasteiger partial charge in [0, 0.05) is 18.7 Å². The first-order chi connectivity index (χ1) is 13.9. The van der Waals surface area contributed by atoms with Crippen molar-refractivity contribution in [3.63, 3.8) is 0 Å². The number of esters is 1. The second-order valence-corrected chi connectivity index (χ2v) is 6.10. The highest BCUT2D eigenvalue weighted by Crippen LogP contribution is 2.16. The molecule has 2 aromatic carbocycles. The van der Waals surface area contributed by atoms with E-state index in [9.17, 15) is 24.5 Å². The summed E-state index contributed by atoms with van der Waals surface area (Å²) in [4.78, 5) is 50.5. The van der Waals surface area contributed by atoms with Crippen LogP contribution < -0.4 is 10.9 Å². The topological polar surface area (TPSA) is 133 Å². The number of ether oxygens (including phenoxy) is 1. The van der Waals surface area contributed by atoms with Crippen molar-refractivity contribution in [3.05, 3.63) is 80.4 Å². The highest BCUT2D eigenvalue weighted by molar-refractivity contribution is 5.89. The summed E-state index contributed by atoms with van der Waals surface area (Å²) < 4.78 is 5.70. The lowest BCUT2D eigenvalue weighted by Crippen LogP contribution is -2.32. The van der Waals surface area contributed by atoms with Gasteiger partial charge in [0.05, 0.1) is 34.8 Å². The summed E-state index contributed by atoms with van der Waals surface area (Å²) in [6, 6.07) is 10.3. The molecular formula is C19H16N4O6. The maximum atomic E-state index is 12.5. The summed E-state index contributed by atoms with van der Waals surface area (Å²) >= 11 is 0. The van der Waals surface area contributed by atoms with Gasteiger partial charge in [0.1, 0.15) is 6.54 Å². The number of rotatable bonds is 6. The van der Waals surface area contributed by atoms with Gasteiger partial charge in [-0.05, 0) is 23.8 Å². The minimum atomic E-state index is -0.603. The van der Waals surface area contributed by atoms with Crippen LogP contribution in [0.2, 0.25) is 0 Å². The Hall–Kier alpha value is -4.08. The lowest BCUT2D eigenvalue weighted by molar-refractivity contribution is -0.384. The predicted octanol–water partition coefficient (Wildman–Crippen LogP) is 1.41. The highest BCUT2D eigenvalue weighted by atomic mass is 16.6. The Morgan fingerprint density at radius 2 is 1.93 bits per heavy atom. The van der Waals surface area contributed by atoms with Gasteiger partial charge in [-0.3, -0.25) is 24.3 Å². The van der Waals surface area contributed by atoms with Gasteiger partial charge in [-0.1, -0.05) is 12.1 Å². The third-order valence-electron chi connectivity index (χ3n) is 4.20. The largest absolute Gasteiger partial charge is 0.465 e. The van der Waals surface area contributed by atoms with Crippen LogP contribution in [0.15, 0.2) is 53.6 Å². The molecular weight excluding hydrogens is 380 g/mol. The van der Waals surface area contributed by atoms with E-state index in [0.29, 0.717) is 11.1 Å². The number of methoxy groups -OCH3 is 1. The molecule has 0 fully saturated rings. The number of hydrogen-bond acceptors (Lipinski definition) is 7. The minimum absolute atomic E-state index is 0.0629. The zero-order chi connectivity index (χ0) is 21.0. The molecule has 1 N–H and O–H groups in total. The standard InChI is InChI=1S/C19H16N4O6/c1-29-19(26)13-4-2-12(3-5-13)9-20-17(24)10-22-11-21-16-7-6-14(23(27)28)8-15(16)18(22)25/h2-8,11H,9-10H2,1H3,(H,20,24). The molecule has 1 heterocycles. The SMILES string of the molecule is COC(=O)c1ccc(CNC(=O)Cn2cnc3ccc([N+](=O)[O-])cc3c2=O)cc1. The molecule has 0 aliphatic heterocycles. The molecule has 0 saturated carbocycles. The van der Waals surface area contributed by atoms with Gasteiger partial charge in [-0.25, -0.2) is 9.78 Å². The molecule has 0 unspecified atom stereocenters. The van der Waals surface area contributed by atoms with E-state index in [-0.39, 0.29) is 24.2 Å². The molecule has 1 aromatic heterocycles. The van der Waals surface area contributed by atoms with E-state index in [1.807, 2.05) is 0 Å². The van der Waals surface area contributed by atoms with Gasteiger partial charge in [0.15, 0.2) is 0 Å². The molecule has 0 saturated heterocycles. The number of nitrogens with zero attached hydrogens (tertiary/aromatic N) is 3. The zero-order valence-electron chi connectivity index (χ0n) is 15.3. The van der Waals surface area contributed by atoms with Gasteiger partial charge in [-0.2, -0.15) is 0 Å². The number of fused-ring (bicyclic) bond motifs is 1. The van der Waals surface area contributed by atoms with Crippen LogP contribution in [0.5, 0.6) is 0 Å². The van der Waals surface area contributed by atoms with E-state index >= 15 is 0 Å². The normalized spacial score (nSPS) is 10.5. The Morgan fingerprint density at radius 1 is 1.21 bits per heavy atom. The Labute approximate surface area is 163 Å². The fourth-order valence-electron chi connectivity index (χ4n) is 2.66. The first-order valence-electron chi connectivity index (χ1n) is 8.46. The maximum Gasteiger partial charge on any atom is 0.337 e. The number of non-ortho nitro benzene ring substituents is 1. The molecule has 3 rings (SSSR count). The van der Waals surface area contributed by atoms with E-state index in [2.05, 4.69) is 15.0 Å². The van der Waals surface area contributed by atoms with Crippen LogP contribution in [0, 0.1) is 10.1 Å². The molecule has 0 radical (unpaired) electrons. The van der Waals surface area contributed by atoms with Crippen molar-refractivity contribution in [1.82, 2.24) is 14.9 Å². The van der Waals surface area contributed by atoms with Gasteiger partial charge >= 0.3 is 5.97 Å². The van der Waals surface area contributed by atoms with Gasteiger partial charge in [0.25, 0.3) is 11.2 Å². The lowest BCUT2D eigenvalue weighted by Gasteiger charge is -2.08. The molecule has 0 bridgehead atoms. The van der Waals surface area contributed by atoms with Crippen molar-refractivity contribution in [3.8, 4) is 0 Å². The number of benzene rings is 2. The molecule has 3 aromatic rings. The fourth-order valence-corrected chi connectivity index (χ4v) is 2.66. The molecule has 0 spiro atoms. The lowest BCUT2D eigenvalue weighted by atomic mass is 10.1. The van der Waals surface area contributed by atoms with Crippen molar-refractivity contribution in [2.75, 3.05) is 7.11 Å². The Morgan fingerprint density at radius 3 is 2.59 bits per heavy atom. The van der Waals surface area contributed by atoms with E-state index < -0.39 is 22.4 Å². The van der Waals surface area contributed by atoms with E-state index in [1.165, 1.54) is 25.6 Å². The van der Waals surface area contributed by atoms with Crippen LogP contribution in [0.1, 0.15) is 15.9 Å². The molecule has 148 valence electrons. The van der Waals surface area contributed by atoms with E-state index in [1.54, 1.807) is 24.3 Å². The predicted molar refractivity (Wildman–Crippen MR) is 102 cm³/mol. The number of nitro benzene ring substituents is 1. The van der Waals surface area contributed by atoms with Crippen LogP contribution >= 0.6 is 0 Å². The summed E-state index contributed by atoms with van der Waals surface area (Å²) in [5, 5.41) is 13.6. The summed E-state index contributed by atoms with van der Waals surface area (Å²) in [6.45, 7) is -0.0910. The number of carbonyl (C=O) groups is 2. The Balaban J connectivity index is 1.69. The molecule has 1 amide bonds. The van der Waals surface area contributed by atoms with Crippen molar-refractivity contribution < 1.29 is 19.2 Å². The van der Waals surface area contributed by atoms with Crippen LogP contribution in [0.25, 0.3) is 10.9 Å². The smallest absolute Gasteiger partial charge is 0.337 e. The molecule has 10 nitrogen and oxygen atoms in total. The second-order valence-electron chi connectivity index (χ2n) is 6.10. The third kappa shape index (κ3) is 4.43. The van der Waals surface area contributed by atoms with E-state index in [0.717, 1.165) is 16.2 Å². The zero-order valence-corrected chi connectivity index (χ0v) is 15.3. The minimum Gasteiger partial charge on any atom is -0.465 e. The van der Waals surface area contributed by atoms with Crippen LogP contribution in [-0.4, -0.2) is 33.5 Å². The molecule has 10 heteroatoms. The summed E-state index contributed by atoms with van der Waals surface area (Å²) in [6.07, 6.45) is 1.22. The average Bonchev–Trinajstić information content (AvgIpc) is 2.73. The number of amides is 1. The van der Waals surface area contributed by atoms with Crippen LogP contribution in [-0.2, 0) is 22.6 Å². The highest BCUT2D eigenvalue weighted by Gasteiger charge is 2.12. The quantitative estimate of drug-likeness (QED) is 0.378. The monoisotopic (exact) mass is 396 g/mol.